The summed E-state index contributed by atoms with van der Waals surface area (Å²) in [7, 11) is 0. The van der Waals surface area contributed by atoms with Gasteiger partial charge in [0.25, 0.3) is 0 Å². The van der Waals surface area contributed by atoms with E-state index in [1.165, 1.54) is 16.8 Å². The van der Waals surface area contributed by atoms with Crippen LogP contribution in [0, 0.1) is 11.2 Å². The maximum absolute atomic E-state index is 13.3. The van der Waals surface area contributed by atoms with Gasteiger partial charge in [-0.3, -0.25) is 4.79 Å². The van der Waals surface area contributed by atoms with Crippen LogP contribution in [0.1, 0.15) is 38.3 Å². The number of alkyl halides is 3. The number of hydrogen-bond acceptors (Lipinski definition) is 5. The Morgan fingerprint density at radius 1 is 1.23 bits per heavy atom. The molecule has 1 N–H and O–H groups in total. The van der Waals surface area contributed by atoms with Gasteiger partial charge in [-0.2, -0.15) is 13.2 Å². The number of hydrogen-bond donors (Lipinski definition) is 1. The zero-order valence-electron chi connectivity index (χ0n) is 17.3. The SMILES string of the molecule is C[C@H]1CN(C(=O)C2(C)CN(c3ccc(F)cn3)C2)Cc2cnc([C@@](C)(O)C(F)(F)F)n21. The highest BCUT2D eigenvalue weighted by Crippen LogP contribution is 2.41. The van der Waals surface area contributed by atoms with Gasteiger partial charge in [-0.05, 0) is 32.9 Å². The third-order valence-electron chi connectivity index (χ3n) is 6.06. The largest absolute Gasteiger partial charge is 0.424 e. The summed E-state index contributed by atoms with van der Waals surface area (Å²) in [6, 6.07) is 2.37. The molecule has 4 rings (SSSR count). The van der Waals surface area contributed by atoms with Crippen LogP contribution in [-0.2, 0) is 16.9 Å². The van der Waals surface area contributed by atoms with E-state index in [9.17, 15) is 27.5 Å². The third-order valence-corrected chi connectivity index (χ3v) is 6.06. The van der Waals surface area contributed by atoms with E-state index in [0.717, 1.165) is 6.20 Å². The van der Waals surface area contributed by atoms with Crippen LogP contribution in [-0.4, -0.2) is 56.3 Å². The van der Waals surface area contributed by atoms with Crippen LogP contribution in [0.5, 0.6) is 0 Å². The summed E-state index contributed by atoms with van der Waals surface area (Å²) in [4.78, 5) is 24.6. The number of carbonyl (C=O) groups excluding carboxylic acids is 1. The molecule has 1 amide bonds. The number of halogens is 4. The van der Waals surface area contributed by atoms with Gasteiger partial charge in [0.1, 0.15) is 11.6 Å². The summed E-state index contributed by atoms with van der Waals surface area (Å²) in [5.41, 5.74) is -3.33. The highest BCUT2D eigenvalue weighted by Gasteiger charge is 2.55. The first-order valence-corrected chi connectivity index (χ1v) is 9.85. The first kappa shape index (κ1) is 21.5. The summed E-state index contributed by atoms with van der Waals surface area (Å²) in [5, 5.41) is 10.1. The van der Waals surface area contributed by atoms with Crippen molar-refractivity contribution in [3.63, 3.8) is 0 Å². The first-order chi connectivity index (χ1) is 14.3. The van der Waals surface area contributed by atoms with Crippen LogP contribution in [0.25, 0.3) is 0 Å². The molecule has 2 aliphatic heterocycles. The lowest BCUT2D eigenvalue weighted by atomic mass is 9.80. The second-order valence-electron chi connectivity index (χ2n) is 8.80. The Balaban J connectivity index is 1.50. The Morgan fingerprint density at radius 2 is 1.90 bits per heavy atom. The maximum Gasteiger partial charge on any atom is 0.424 e. The van der Waals surface area contributed by atoms with Gasteiger partial charge >= 0.3 is 6.18 Å². The molecule has 1 saturated heterocycles. The molecule has 4 heterocycles. The first-order valence-electron chi connectivity index (χ1n) is 9.85. The van der Waals surface area contributed by atoms with Crippen molar-refractivity contribution in [1.29, 1.82) is 0 Å². The molecule has 31 heavy (non-hydrogen) atoms. The lowest BCUT2D eigenvalue weighted by Crippen LogP contribution is -2.63. The predicted molar refractivity (Wildman–Crippen MR) is 102 cm³/mol. The predicted octanol–water partition coefficient (Wildman–Crippen LogP) is 2.62. The Bertz CT molecular complexity index is 996. The molecular weight excluding hydrogens is 418 g/mol. The molecule has 2 aromatic heterocycles. The number of fused-ring (bicyclic) bond motifs is 1. The van der Waals surface area contributed by atoms with Crippen LogP contribution >= 0.6 is 0 Å². The molecular formula is C20H23F4N5O2. The van der Waals surface area contributed by atoms with Gasteiger partial charge in [0.15, 0.2) is 5.82 Å². The molecule has 7 nitrogen and oxygen atoms in total. The van der Waals surface area contributed by atoms with Crippen LogP contribution in [0.4, 0.5) is 23.4 Å². The molecule has 168 valence electrons. The van der Waals surface area contributed by atoms with Crippen molar-refractivity contribution >= 4 is 11.7 Å². The molecule has 0 aliphatic carbocycles. The highest BCUT2D eigenvalue weighted by atomic mass is 19.4. The fraction of sp³-hybridized carbons (Fsp3) is 0.550. The maximum atomic E-state index is 13.3. The van der Waals surface area contributed by atoms with E-state index in [1.54, 1.807) is 17.9 Å². The van der Waals surface area contributed by atoms with E-state index < -0.39 is 34.9 Å². The molecule has 2 aromatic rings. The van der Waals surface area contributed by atoms with Gasteiger partial charge in [-0.1, -0.05) is 0 Å². The Hall–Kier alpha value is -2.69. The van der Waals surface area contributed by atoms with Crippen LogP contribution in [0.2, 0.25) is 0 Å². The van der Waals surface area contributed by atoms with Crippen molar-refractivity contribution in [3.05, 3.63) is 41.9 Å². The molecule has 1 fully saturated rings. The topological polar surface area (TPSA) is 74.5 Å². The zero-order chi connectivity index (χ0) is 22.8. The molecule has 2 atom stereocenters. The number of nitrogens with zero attached hydrogens (tertiary/aromatic N) is 5. The number of aromatic nitrogens is 3. The molecule has 0 radical (unpaired) electrons. The van der Waals surface area contributed by atoms with E-state index in [0.29, 0.717) is 31.5 Å². The van der Waals surface area contributed by atoms with E-state index in [4.69, 9.17) is 0 Å². The monoisotopic (exact) mass is 441 g/mol. The number of imidazole rings is 1. The quantitative estimate of drug-likeness (QED) is 0.742. The lowest BCUT2D eigenvalue weighted by molar-refractivity contribution is -0.263. The number of amides is 1. The summed E-state index contributed by atoms with van der Waals surface area (Å²) in [6.07, 6.45) is -2.48. The summed E-state index contributed by atoms with van der Waals surface area (Å²) in [5.74, 6) is -0.450. The van der Waals surface area contributed by atoms with Crippen LogP contribution < -0.4 is 4.90 Å². The summed E-state index contributed by atoms with van der Waals surface area (Å²) >= 11 is 0. The Labute approximate surface area is 176 Å². The average Bonchev–Trinajstić information content (AvgIpc) is 3.10. The molecule has 0 unspecified atom stereocenters. The highest BCUT2D eigenvalue weighted by molar-refractivity contribution is 5.86. The third kappa shape index (κ3) is 3.44. The average molecular weight is 441 g/mol. The number of anilines is 1. The fourth-order valence-corrected chi connectivity index (χ4v) is 4.34. The van der Waals surface area contributed by atoms with Crippen molar-refractivity contribution in [2.75, 3.05) is 24.5 Å². The minimum Gasteiger partial charge on any atom is -0.374 e. The van der Waals surface area contributed by atoms with Crippen LogP contribution in [0.15, 0.2) is 24.5 Å². The number of pyridine rings is 1. The minimum absolute atomic E-state index is 0.106. The molecule has 2 aliphatic rings. The molecule has 0 spiro atoms. The molecule has 0 bridgehead atoms. The van der Waals surface area contributed by atoms with Crippen molar-refractivity contribution in [2.24, 2.45) is 5.41 Å². The van der Waals surface area contributed by atoms with Crippen molar-refractivity contribution < 1.29 is 27.5 Å². The van der Waals surface area contributed by atoms with Gasteiger partial charge in [-0.15, -0.1) is 0 Å². The van der Waals surface area contributed by atoms with Gasteiger partial charge in [0.05, 0.1) is 36.1 Å². The Morgan fingerprint density at radius 3 is 2.48 bits per heavy atom. The minimum atomic E-state index is -4.88. The van der Waals surface area contributed by atoms with Crippen molar-refractivity contribution in [2.45, 2.75) is 45.1 Å². The van der Waals surface area contributed by atoms with Crippen molar-refractivity contribution in [1.82, 2.24) is 19.4 Å². The van der Waals surface area contributed by atoms with Gasteiger partial charge in [0, 0.05) is 19.6 Å². The van der Waals surface area contributed by atoms with E-state index in [1.807, 2.05) is 11.8 Å². The van der Waals surface area contributed by atoms with Gasteiger partial charge in [0.2, 0.25) is 11.5 Å². The second-order valence-corrected chi connectivity index (χ2v) is 8.80. The normalized spacial score (nSPS) is 22.5. The smallest absolute Gasteiger partial charge is 0.374 e. The fourth-order valence-electron chi connectivity index (χ4n) is 4.34. The number of aliphatic hydroxyl groups is 1. The standard InChI is InChI=1S/C20H23F4N5O2/c1-12-8-27(9-14-7-26-16(29(12)14)19(3,31)20(22,23)24)17(30)18(2)10-28(11-18)15-5-4-13(21)6-25-15/h4-7,12,31H,8-11H2,1-3H3/t12-,19+/m0/s1. The van der Waals surface area contributed by atoms with Crippen LogP contribution in [0.3, 0.4) is 0 Å². The second kappa shape index (κ2) is 6.91. The van der Waals surface area contributed by atoms with E-state index >= 15 is 0 Å². The molecule has 11 heteroatoms. The van der Waals surface area contributed by atoms with E-state index in [2.05, 4.69) is 9.97 Å². The lowest BCUT2D eigenvalue weighted by Gasteiger charge is -2.50. The summed E-state index contributed by atoms with van der Waals surface area (Å²) in [6.45, 7) is 5.32. The summed E-state index contributed by atoms with van der Waals surface area (Å²) < 4.78 is 54.4. The molecule has 0 saturated carbocycles. The number of carbonyl (C=O) groups is 1. The zero-order valence-corrected chi connectivity index (χ0v) is 17.3. The molecule has 0 aromatic carbocycles. The van der Waals surface area contributed by atoms with Gasteiger partial charge < -0.3 is 19.5 Å². The van der Waals surface area contributed by atoms with E-state index in [-0.39, 0.29) is 19.0 Å². The van der Waals surface area contributed by atoms with Crippen molar-refractivity contribution in [3.8, 4) is 0 Å². The van der Waals surface area contributed by atoms with Gasteiger partial charge in [-0.25, -0.2) is 14.4 Å². The number of rotatable bonds is 3. The Kier molecular flexibility index (Phi) is 4.80.